The predicted molar refractivity (Wildman–Crippen MR) is 121 cm³/mol. The summed E-state index contributed by atoms with van der Waals surface area (Å²) in [6.07, 6.45) is -5.05. The Morgan fingerprint density at radius 2 is 1.07 bits per heavy atom. The molecule has 1 aliphatic carbocycles. The summed E-state index contributed by atoms with van der Waals surface area (Å²) in [6.45, 7) is 0. The van der Waals surface area contributed by atoms with Crippen LogP contribution in [0.15, 0.2) is 54.6 Å². The number of rotatable bonds is 5. The van der Waals surface area contributed by atoms with E-state index in [2.05, 4.69) is 8.37 Å². The van der Waals surface area contributed by atoms with E-state index in [1.165, 1.54) is 6.07 Å². The molecule has 42 heavy (non-hydrogen) atoms. The summed E-state index contributed by atoms with van der Waals surface area (Å²) >= 11 is 0. The molecule has 224 valence electrons. The lowest BCUT2D eigenvalue weighted by molar-refractivity contribution is -0.137. The monoisotopic (exact) mass is 648 g/mol. The van der Waals surface area contributed by atoms with Gasteiger partial charge < -0.3 is 8.37 Å². The molecule has 0 atom stereocenters. The Bertz CT molecular complexity index is 1860. The highest BCUT2D eigenvalue weighted by molar-refractivity contribution is 7.88. The van der Waals surface area contributed by atoms with Gasteiger partial charge in [-0.25, -0.2) is 0 Å². The maximum absolute atomic E-state index is 13.5. The Labute approximate surface area is 228 Å². The summed E-state index contributed by atoms with van der Waals surface area (Å²) in [5.74, 6) is -6.96. The lowest BCUT2D eigenvalue weighted by Crippen LogP contribution is -2.32. The van der Waals surface area contributed by atoms with E-state index in [1.807, 2.05) is 0 Å². The Kier molecular flexibility index (Phi) is 7.13. The van der Waals surface area contributed by atoms with E-state index in [9.17, 15) is 65.9 Å². The molecule has 0 amide bonds. The lowest BCUT2D eigenvalue weighted by Gasteiger charge is -2.25. The van der Waals surface area contributed by atoms with Gasteiger partial charge in [0.1, 0.15) is 0 Å². The maximum Gasteiger partial charge on any atom is 0.534 e. The number of carbonyl (C=O) groups is 2. The number of carbonyl (C=O) groups excluding carboxylic acids is 2. The van der Waals surface area contributed by atoms with Crippen molar-refractivity contribution in [3.05, 3.63) is 82.4 Å². The number of hydrogen-bond acceptors (Lipinski definition) is 8. The molecule has 0 aliphatic heterocycles. The highest BCUT2D eigenvalue weighted by Crippen LogP contribution is 2.48. The van der Waals surface area contributed by atoms with Gasteiger partial charge in [-0.3, -0.25) is 9.59 Å². The lowest BCUT2D eigenvalue weighted by atomic mass is 9.79. The van der Waals surface area contributed by atoms with Crippen molar-refractivity contribution in [1.29, 1.82) is 0 Å². The first-order chi connectivity index (χ1) is 19.1. The minimum atomic E-state index is -6.89. The van der Waals surface area contributed by atoms with E-state index in [1.54, 1.807) is 0 Å². The van der Waals surface area contributed by atoms with E-state index in [4.69, 9.17) is 0 Å². The van der Waals surface area contributed by atoms with Crippen LogP contribution in [0.2, 0.25) is 0 Å². The van der Waals surface area contributed by atoms with Crippen LogP contribution in [-0.2, 0) is 26.4 Å². The molecule has 0 bridgehead atoms. The molecule has 3 aromatic carbocycles. The van der Waals surface area contributed by atoms with Gasteiger partial charge in [-0.2, -0.15) is 56.3 Å². The largest absolute Gasteiger partial charge is 0.534 e. The second-order valence-corrected chi connectivity index (χ2v) is 11.3. The van der Waals surface area contributed by atoms with E-state index in [-0.39, 0.29) is 6.07 Å². The Morgan fingerprint density at radius 1 is 0.571 bits per heavy atom. The summed E-state index contributed by atoms with van der Waals surface area (Å²) < 4.78 is 174. The number of benzene rings is 3. The van der Waals surface area contributed by atoms with Crippen LogP contribution in [0.5, 0.6) is 11.5 Å². The van der Waals surface area contributed by atoms with Crippen LogP contribution < -0.4 is 8.37 Å². The first-order valence-electron chi connectivity index (χ1n) is 10.7. The summed E-state index contributed by atoms with van der Waals surface area (Å²) in [5.41, 5.74) is -19.4. The molecular formula is C23H9F9O8S2. The van der Waals surface area contributed by atoms with Crippen molar-refractivity contribution >= 4 is 31.8 Å². The Morgan fingerprint density at radius 3 is 1.57 bits per heavy atom. The molecule has 4 rings (SSSR count). The van der Waals surface area contributed by atoms with Gasteiger partial charge in [-0.05, 0) is 29.3 Å². The van der Waals surface area contributed by atoms with Gasteiger partial charge in [0.25, 0.3) is 0 Å². The van der Waals surface area contributed by atoms with Crippen molar-refractivity contribution in [3.8, 4) is 22.6 Å². The molecule has 1 aliphatic rings. The molecule has 0 saturated carbocycles. The summed E-state index contributed by atoms with van der Waals surface area (Å²) in [5, 5.41) is 0. The zero-order valence-corrected chi connectivity index (χ0v) is 21.3. The van der Waals surface area contributed by atoms with Gasteiger partial charge >= 0.3 is 37.4 Å². The van der Waals surface area contributed by atoms with Crippen LogP contribution in [0, 0.1) is 0 Å². The molecule has 0 saturated heterocycles. The van der Waals surface area contributed by atoms with Gasteiger partial charge in [0, 0.05) is 16.7 Å². The Balaban J connectivity index is 2.19. The average Bonchev–Trinajstić information content (AvgIpc) is 2.86. The van der Waals surface area contributed by atoms with Gasteiger partial charge in [0.05, 0.1) is 11.1 Å². The third-order valence-electron chi connectivity index (χ3n) is 5.58. The third-order valence-corrected chi connectivity index (χ3v) is 7.50. The number of halogens is 9. The number of ketones is 2. The highest BCUT2D eigenvalue weighted by atomic mass is 32.2. The SMILES string of the molecule is O=C1c2ccccc2C(=O)c2c(OS(=O)(=O)C(F)(F)F)c(OS(=O)(=O)C(F)(F)F)cc(-c3cccc(C(F)(F)F)c3)c21. The van der Waals surface area contributed by atoms with Crippen LogP contribution in [0.25, 0.3) is 11.1 Å². The van der Waals surface area contributed by atoms with Crippen molar-refractivity contribution in [2.75, 3.05) is 0 Å². The van der Waals surface area contributed by atoms with Gasteiger partial charge in [-0.15, -0.1) is 0 Å². The molecule has 8 nitrogen and oxygen atoms in total. The first kappa shape index (κ1) is 30.8. The van der Waals surface area contributed by atoms with E-state index in [0.29, 0.717) is 12.1 Å². The van der Waals surface area contributed by atoms with Crippen LogP contribution in [-0.4, -0.2) is 39.4 Å². The van der Waals surface area contributed by atoms with Crippen molar-refractivity contribution in [2.24, 2.45) is 0 Å². The minimum absolute atomic E-state index is 0.0396. The predicted octanol–water partition coefficient (Wildman–Crippen LogP) is 5.60. The number of hydrogen-bond donors (Lipinski definition) is 0. The zero-order chi connectivity index (χ0) is 31.6. The van der Waals surface area contributed by atoms with Crippen molar-refractivity contribution in [3.63, 3.8) is 0 Å². The number of fused-ring (bicyclic) bond motifs is 2. The summed E-state index contributed by atoms with van der Waals surface area (Å²) in [7, 11) is -13.7. The average molecular weight is 648 g/mol. The quantitative estimate of drug-likeness (QED) is 0.156. The topological polar surface area (TPSA) is 121 Å². The third kappa shape index (κ3) is 5.28. The zero-order valence-electron chi connectivity index (χ0n) is 19.7. The van der Waals surface area contributed by atoms with Gasteiger partial charge in [0.15, 0.2) is 23.1 Å². The first-order valence-corrected chi connectivity index (χ1v) is 13.5. The van der Waals surface area contributed by atoms with Crippen LogP contribution >= 0.6 is 0 Å². The fraction of sp³-hybridized carbons (Fsp3) is 0.130. The fourth-order valence-electron chi connectivity index (χ4n) is 3.80. The van der Waals surface area contributed by atoms with Crippen molar-refractivity contribution < 1.29 is 74.3 Å². The maximum atomic E-state index is 13.5. The fourth-order valence-corrected chi connectivity index (χ4v) is 4.73. The molecule has 0 unspecified atom stereocenters. The van der Waals surface area contributed by atoms with Gasteiger partial charge in [0.2, 0.25) is 0 Å². The van der Waals surface area contributed by atoms with E-state index < -0.39 is 99.4 Å². The van der Waals surface area contributed by atoms with Crippen molar-refractivity contribution in [1.82, 2.24) is 0 Å². The van der Waals surface area contributed by atoms with Crippen LogP contribution in [0.3, 0.4) is 0 Å². The molecular weight excluding hydrogens is 639 g/mol. The molecule has 0 radical (unpaired) electrons. The Hall–Kier alpha value is -4.13. The van der Waals surface area contributed by atoms with E-state index >= 15 is 0 Å². The molecule has 0 spiro atoms. The van der Waals surface area contributed by atoms with Gasteiger partial charge in [-0.1, -0.05) is 36.4 Å². The van der Waals surface area contributed by atoms with E-state index in [0.717, 1.165) is 30.3 Å². The second kappa shape index (κ2) is 9.72. The second-order valence-electron chi connectivity index (χ2n) is 8.25. The molecule has 0 heterocycles. The smallest absolute Gasteiger partial charge is 0.372 e. The minimum Gasteiger partial charge on any atom is -0.372 e. The molecule has 0 fully saturated rings. The van der Waals surface area contributed by atoms with Crippen molar-refractivity contribution in [2.45, 2.75) is 17.2 Å². The molecule has 19 heteroatoms. The highest BCUT2D eigenvalue weighted by Gasteiger charge is 2.52. The normalized spacial score (nSPS) is 14.3. The van der Waals surface area contributed by atoms with Crippen LogP contribution in [0.1, 0.15) is 37.4 Å². The summed E-state index contributed by atoms with van der Waals surface area (Å²) in [6, 6.07) is 6.72. The standard InChI is InChI=1S/C23H9F9O8S2/c24-21(25,26)11-5-3-4-10(8-11)14-9-15(39-41(35,36)22(27,28)29)20(40-42(37,38)23(30,31)32)17-16(14)18(33)12-6-1-2-7-13(12)19(17)34/h1-9H. The molecule has 0 aromatic heterocycles. The molecule has 3 aromatic rings. The van der Waals surface area contributed by atoms with Crippen LogP contribution in [0.4, 0.5) is 39.5 Å². The molecule has 0 N–H and O–H groups in total. The summed E-state index contributed by atoms with van der Waals surface area (Å²) in [4.78, 5) is 26.9. The number of alkyl halides is 9.